The maximum Gasteiger partial charge on any atom is 0.255 e. The van der Waals surface area contributed by atoms with Gasteiger partial charge in [-0.2, -0.15) is 0 Å². The minimum absolute atomic E-state index is 0.00333. The second-order valence-corrected chi connectivity index (χ2v) is 7.55. The predicted octanol–water partition coefficient (Wildman–Crippen LogP) is 1.76. The molecule has 0 bridgehead atoms. The summed E-state index contributed by atoms with van der Waals surface area (Å²) in [5.74, 6) is 0.0606. The SMILES string of the molecule is COCCNS(=O)(=O)c1ccc(C)c(C(=O)Nc2ccc(OC)c(N)c2)c1. The molecule has 2 aromatic rings. The lowest BCUT2D eigenvalue weighted by atomic mass is 10.1. The second-order valence-electron chi connectivity index (χ2n) is 5.78. The minimum Gasteiger partial charge on any atom is -0.495 e. The van der Waals surface area contributed by atoms with Gasteiger partial charge in [0.2, 0.25) is 10.0 Å². The van der Waals surface area contributed by atoms with E-state index in [4.69, 9.17) is 15.2 Å². The molecule has 0 aliphatic carbocycles. The molecule has 0 atom stereocenters. The van der Waals surface area contributed by atoms with Crippen molar-refractivity contribution in [3.8, 4) is 5.75 Å². The lowest BCUT2D eigenvalue weighted by Crippen LogP contribution is -2.27. The van der Waals surface area contributed by atoms with Crippen LogP contribution >= 0.6 is 0 Å². The first-order chi connectivity index (χ1) is 12.8. The average molecular weight is 393 g/mol. The molecule has 0 aliphatic heterocycles. The zero-order valence-corrected chi connectivity index (χ0v) is 16.2. The van der Waals surface area contributed by atoms with Crippen LogP contribution in [0.25, 0.3) is 0 Å². The summed E-state index contributed by atoms with van der Waals surface area (Å²) in [4.78, 5) is 12.6. The minimum atomic E-state index is -3.74. The van der Waals surface area contributed by atoms with Crippen molar-refractivity contribution in [3.63, 3.8) is 0 Å². The quantitative estimate of drug-likeness (QED) is 0.464. The molecular formula is C18H23N3O5S. The summed E-state index contributed by atoms with van der Waals surface area (Å²) in [6.45, 7) is 2.11. The number of rotatable bonds is 8. The molecule has 9 heteroatoms. The molecule has 0 aliphatic rings. The van der Waals surface area contributed by atoms with Gasteiger partial charge in [-0.3, -0.25) is 4.79 Å². The van der Waals surface area contributed by atoms with Crippen LogP contribution in [0.1, 0.15) is 15.9 Å². The number of sulfonamides is 1. The summed E-state index contributed by atoms with van der Waals surface area (Å²) in [7, 11) is -0.760. The van der Waals surface area contributed by atoms with Gasteiger partial charge in [0.1, 0.15) is 5.75 Å². The van der Waals surface area contributed by atoms with Crippen LogP contribution in [-0.2, 0) is 14.8 Å². The first-order valence-electron chi connectivity index (χ1n) is 8.12. The zero-order valence-electron chi connectivity index (χ0n) is 15.4. The number of hydrogen-bond donors (Lipinski definition) is 3. The van der Waals surface area contributed by atoms with E-state index in [0.717, 1.165) is 0 Å². The number of nitrogen functional groups attached to an aromatic ring is 1. The Morgan fingerprint density at radius 3 is 2.52 bits per heavy atom. The molecule has 2 aromatic carbocycles. The molecule has 0 saturated heterocycles. The van der Waals surface area contributed by atoms with Gasteiger partial charge < -0.3 is 20.5 Å². The Kier molecular flexibility index (Phi) is 6.78. The number of carbonyl (C=O) groups excluding carboxylic acids is 1. The fraction of sp³-hybridized carbons (Fsp3) is 0.278. The number of carbonyl (C=O) groups is 1. The Morgan fingerprint density at radius 2 is 1.89 bits per heavy atom. The Labute approximate surface area is 158 Å². The summed E-state index contributed by atoms with van der Waals surface area (Å²) >= 11 is 0. The molecule has 0 aromatic heterocycles. The predicted molar refractivity (Wildman–Crippen MR) is 104 cm³/mol. The molecule has 0 saturated carbocycles. The van der Waals surface area contributed by atoms with Crippen LogP contribution < -0.4 is 20.5 Å². The van der Waals surface area contributed by atoms with Crippen LogP contribution in [0.4, 0.5) is 11.4 Å². The molecule has 1 amide bonds. The molecule has 8 nitrogen and oxygen atoms in total. The number of benzene rings is 2. The average Bonchev–Trinajstić information content (AvgIpc) is 2.62. The molecule has 0 radical (unpaired) electrons. The van der Waals surface area contributed by atoms with Crippen molar-refractivity contribution in [2.45, 2.75) is 11.8 Å². The first kappa shape index (κ1) is 20.7. The Morgan fingerprint density at radius 1 is 1.15 bits per heavy atom. The van der Waals surface area contributed by atoms with E-state index in [2.05, 4.69) is 10.0 Å². The molecular weight excluding hydrogens is 370 g/mol. The third-order valence-corrected chi connectivity index (χ3v) is 5.31. The maximum absolute atomic E-state index is 12.6. The van der Waals surface area contributed by atoms with Crippen molar-refractivity contribution in [2.24, 2.45) is 0 Å². The molecule has 27 heavy (non-hydrogen) atoms. The van der Waals surface area contributed by atoms with Gasteiger partial charge in [0.05, 0.1) is 24.3 Å². The van der Waals surface area contributed by atoms with Crippen LogP contribution in [0.3, 0.4) is 0 Å². The first-order valence-corrected chi connectivity index (χ1v) is 9.61. The van der Waals surface area contributed by atoms with E-state index in [0.29, 0.717) is 22.7 Å². The summed E-state index contributed by atoms with van der Waals surface area (Å²) in [5, 5.41) is 2.71. The van der Waals surface area contributed by atoms with Gasteiger partial charge in [0.25, 0.3) is 5.91 Å². The number of methoxy groups -OCH3 is 2. The monoisotopic (exact) mass is 393 g/mol. The van der Waals surface area contributed by atoms with Crippen molar-refractivity contribution in [2.75, 3.05) is 38.4 Å². The van der Waals surface area contributed by atoms with Crippen molar-refractivity contribution in [3.05, 3.63) is 47.5 Å². The van der Waals surface area contributed by atoms with Crippen molar-refractivity contribution in [1.29, 1.82) is 0 Å². The highest BCUT2D eigenvalue weighted by Gasteiger charge is 2.18. The Balaban J connectivity index is 2.24. The lowest BCUT2D eigenvalue weighted by molar-refractivity contribution is 0.102. The highest BCUT2D eigenvalue weighted by molar-refractivity contribution is 7.89. The van der Waals surface area contributed by atoms with Gasteiger partial charge in [0.15, 0.2) is 0 Å². The smallest absolute Gasteiger partial charge is 0.255 e. The summed E-state index contributed by atoms with van der Waals surface area (Å²) in [6, 6.07) is 9.23. The number of amides is 1. The van der Waals surface area contributed by atoms with Crippen molar-refractivity contribution in [1.82, 2.24) is 4.72 Å². The fourth-order valence-corrected chi connectivity index (χ4v) is 3.42. The summed E-state index contributed by atoms with van der Waals surface area (Å²) in [5.41, 5.74) is 7.59. The number of hydrogen-bond acceptors (Lipinski definition) is 6. The topological polar surface area (TPSA) is 120 Å². The van der Waals surface area contributed by atoms with Crippen LogP contribution in [0.2, 0.25) is 0 Å². The van der Waals surface area contributed by atoms with E-state index in [9.17, 15) is 13.2 Å². The normalized spacial score (nSPS) is 11.2. The maximum atomic E-state index is 12.6. The van der Waals surface area contributed by atoms with Gasteiger partial charge in [-0.1, -0.05) is 6.07 Å². The number of anilines is 2. The van der Waals surface area contributed by atoms with E-state index in [1.165, 1.54) is 26.4 Å². The molecule has 146 valence electrons. The largest absolute Gasteiger partial charge is 0.495 e. The summed E-state index contributed by atoms with van der Waals surface area (Å²) in [6.07, 6.45) is 0. The molecule has 0 unspecified atom stereocenters. The van der Waals surface area contributed by atoms with E-state index >= 15 is 0 Å². The van der Waals surface area contributed by atoms with Crippen LogP contribution in [0.15, 0.2) is 41.3 Å². The third kappa shape index (κ3) is 5.19. The molecule has 0 spiro atoms. The second kappa shape index (κ2) is 8.85. The molecule has 0 fully saturated rings. The molecule has 0 heterocycles. The lowest BCUT2D eigenvalue weighted by Gasteiger charge is -2.12. The standard InChI is InChI=1S/C18H23N3O5S/c1-12-4-6-14(27(23,24)20-8-9-25-2)11-15(12)18(22)21-13-5-7-17(26-3)16(19)10-13/h4-7,10-11,20H,8-9,19H2,1-3H3,(H,21,22). The Hall–Kier alpha value is -2.62. The van der Waals surface area contributed by atoms with Crippen LogP contribution in [0.5, 0.6) is 5.75 Å². The van der Waals surface area contributed by atoms with Gasteiger partial charge in [-0.25, -0.2) is 13.1 Å². The number of nitrogens with one attached hydrogen (secondary N) is 2. The zero-order chi connectivity index (χ0) is 20.0. The van der Waals surface area contributed by atoms with Crippen molar-refractivity contribution < 1.29 is 22.7 Å². The van der Waals surface area contributed by atoms with Crippen LogP contribution in [0, 0.1) is 6.92 Å². The Bertz CT molecular complexity index is 929. The number of aryl methyl sites for hydroxylation is 1. The van der Waals surface area contributed by atoms with E-state index in [1.807, 2.05) is 0 Å². The highest BCUT2D eigenvalue weighted by atomic mass is 32.2. The van der Waals surface area contributed by atoms with Gasteiger partial charge in [0, 0.05) is 24.9 Å². The number of ether oxygens (including phenoxy) is 2. The fourth-order valence-electron chi connectivity index (χ4n) is 2.38. The van der Waals surface area contributed by atoms with E-state index in [1.54, 1.807) is 31.2 Å². The van der Waals surface area contributed by atoms with Gasteiger partial charge >= 0.3 is 0 Å². The molecule has 4 N–H and O–H groups in total. The highest BCUT2D eigenvalue weighted by Crippen LogP contribution is 2.25. The van der Waals surface area contributed by atoms with Crippen molar-refractivity contribution >= 4 is 27.3 Å². The molecule has 2 rings (SSSR count). The van der Waals surface area contributed by atoms with E-state index in [-0.39, 0.29) is 23.6 Å². The van der Waals surface area contributed by atoms with Gasteiger partial charge in [-0.05, 0) is 42.8 Å². The summed E-state index contributed by atoms with van der Waals surface area (Å²) < 4.78 is 37.0. The number of nitrogens with two attached hydrogens (primary N) is 1. The van der Waals surface area contributed by atoms with Gasteiger partial charge in [-0.15, -0.1) is 0 Å². The third-order valence-electron chi connectivity index (χ3n) is 3.85. The van der Waals surface area contributed by atoms with Crippen LogP contribution in [-0.4, -0.2) is 41.7 Å². The van der Waals surface area contributed by atoms with E-state index < -0.39 is 15.9 Å².